The summed E-state index contributed by atoms with van der Waals surface area (Å²) >= 11 is 0. The standard InChI is InChI=1S/C72H39BN4/c1-3-22-50-46(18-1)48-20-5-7-24-52(48)64-54(50)31-33-61-66(64)67-65-53-25-8-6-21-49(53)47-19-2-4-23-51(47)56(65)39-59-72(67)77(61)63-29-11-28-62-68(63)73(59)58-38-43(45-27-10-15-41-17-13-35-75-70(41)45)37-57-55-36-42(30-32-60(55)76(62)71(57)58)44-26-9-14-40-16-12-34-74-69(40)44/h1-39H. The van der Waals surface area contributed by atoms with Crippen molar-refractivity contribution in [3.05, 3.63) is 237 Å². The third kappa shape index (κ3) is 5.00. The van der Waals surface area contributed by atoms with Crippen LogP contribution in [0.15, 0.2) is 237 Å². The summed E-state index contributed by atoms with van der Waals surface area (Å²) in [7, 11) is 0. The van der Waals surface area contributed by atoms with E-state index in [9.17, 15) is 0 Å². The molecule has 0 amide bonds. The Labute approximate surface area is 440 Å². The van der Waals surface area contributed by atoms with Crippen LogP contribution in [0.4, 0.5) is 0 Å². The predicted octanol–water partition coefficient (Wildman–Crippen LogP) is 16.4. The van der Waals surface area contributed by atoms with Gasteiger partial charge in [0.2, 0.25) is 0 Å². The minimum Gasteiger partial charge on any atom is -0.310 e. The first kappa shape index (κ1) is 40.3. The zero-order valence-electron chi connectivity index (χ0n) is 41.4. The quantitative estimate of drug-likeness (QED) is 0.128. The lowest BCUT2D eigenvalue weighted by molar-refractivity contribution is 1.14. The Morgan fingerprint density at radius 3 is 1.42 bits per heavy atom. The van der Waals surface area contributed by atoms with Crippen molar-refractivity contribution in [3.8, 4) is 33.6 Å². The van der Waals surface area contributed by atoms with Crippen molar-refractivity contribution in [1.82, 2.24) is 19.1 Å². The number of pyridine rings is 2. The van der Waals surface area contributed by atoms with E-state index >= 15 is 0 Å². The van der Waals surface area contributed by atoms with Gasteiger partial charge in [-0.3, -0.25) is 9.97 Å². The van der Waals surface area contributed by atoms with Crippen LogP contribution in [0.1, 0.15) is 0 Å². The molecule has 4 aromatic heterocycles. The molecule has 0 fully saturated rings. The molecular weight excluding hydrogens is 932 g/mol. The van der Waals surface area contributed by atoms with E-state index in [-0.39, 0.29) is 6.71 Å². The number of fused-ring (bicyclic) bond motifs is 26. The molecule has 5 heteroatoms. The van der Waals surface area contributed by atoms with Crippen molar-refractivity contribution in [2.75, 3.05) is 0 Å². The number of rotatable bonds is 2. The third-order valence-electron chi connectivity index (χ3n) is 17.9. The minimum absolute atomic E-state index is 0.108. The average molecular weight is 971 g/mol. The minimum atomic E-state index is -0.108. The maximum Gasteiger partial charge on any atom is 0.252 e. The lowest BCUT2D eigenvalue weighted by atomic mass is 9.34. The van der Waals surface area contributed by atoms with E-state index in [4.69, 9.17) is 9.97 Å². The molecule has 2 aliphatic rings. The molecule has 77 heavy (non-hydrogen) atoms. The lowest BCUT2D eigenvalue weighted by Gasteiger charge is -2.34. The highest BCUT2D eigenvalue weighted by atomic mass is 15.0. The van der Waals surface area contributed by atoms with Crippen molar-refractivity contribution in [1.29, 1.82) is 0 Å². The molecule has 0 spiro atoms. The SMILES string of the molecule is c1cc2c3c(c1)-n1c4ccc5c6ccccc6c6ccccc6c5c4c4c5c6ccccc6c6ccccc6c5cc(c41)B3c1cc(-c3cccc4cccnc34)cc3c4cc(-c5cccc6cccnc56)ccc4n-2c13. The van der Waals surface area contributed by atoms with Gasteiger partial charge in [0, 0.05) is 83.5 Å². The maximum absolute atomic E-state index is 5.08. The van der Waals surface area contributed by atoms with Gasteiger partial charge in [-0.05, 0) is 130 Å². The van der Waals surface area contributed by atoms with Gasteiger partial charge in [0.05, 0.1) is 27.6 Å². The summed E-state index contributed by atoms with van der Waals surface area (Å²) in [5, 5.41) is 22.8. The van der Waals surface area contributed by atoms with Gasteiger partial charge in [-0.1, -0.05) is 176 Å². The molecule has 0 aliphatic carbocycles. The molecule has 0 N–H and O–H groups in total. The van der Waals surface area contributed by atoms with Gasteiger partial charge in [0.25, 0.3) is 6.71 Å². The van der Waals surface area contributed by atoms with Crippen molar-refractivity contribution in [2.24, 2.45) is 0 Å². The highest BCUT2D eigenvalue weighted by Crippen LogP contribution is 2.50. The van der Waals surface area contributed by atoms with Crippen LogP contribution < -0.4 is 16.4 Å². The highest BCUT2D eigenvalue weighted by molar-refractivity contribution is 7.00. The van der Waals surface area contributed by atoms with Crippen LogP contribution in [-0.2, 0) is 0 Å². The summed E-state index contributed by atoms with van der Waals surface area (Å²) in [6.07, 6.45) is 3.84. The fourth-order valence-electron chi connectivity index (χ4n) is 14.9. The van der Waals surface area contributed by atoms with E-state index < -0.39 is 0 Å². The molecule has 0 saturated heterocycles. The Hall–Kier alpha value is -10.1. The van der Waals surface area contributed by atoms with E-state index in [1.54, 1.807) is 0 Å². The van der Waals surface area contributed by atoms with Gasteiger partial charge in [0.1, 0.15) is 0 Å². The second kappa shape index (κ2) is 14.4. The first-order valence-corrected chi connectivity index (χ1v) is 26.8. The van der Waals surface area contributed by atoms with Crippen molar-refractivity contribution in [2.45, 2.75) is 0 Å². The van der Waals surface area contributed by atoms with E-state index in [0.29, 0.717) is 0 Å². The second-order valence-corrected chi connectivity index (χ2v) is 21.4. The van der Waals surface area contributed by atoms with E-state index in [1.807, 2.05) is 24.5 Å². The Balaban J connectivity index is 1.04. The van der Waals surface area contributed by atoms with Crippen LogP contribution in [0.3, 0.4) is 0 Å². The number of hydrogen-bond donors (Lipinski definition) is 0. The Morgan fingerprint density at radius 2 is 0.779 bits per heavy atom. The fourth-order valence-corrected chi connectivity index (χ4v) is 14.9. The van der Waals surface area contributed by atoms with E-state index in [2.05, 4.69) is 221 Å². The molecule has 0 saturated carbocycles. The number of hydrogen-bond acceptors (Lipinski definition) is 2. The molecule has 4 nitrogen and oxygen atoms in total. The van der Waals surface area contributed by atoms with Crippen LogP contribution >= 0.6 is 0 Å². The number of benzene rings is 13. The summed E-state index contributed by atoms with van der Waals surface area (Å²) in [5.74, 6) is 0. The zero-order chi connectivity index (χ0) is 49.8. The van der Waals surface area contributed by atoms with Gasteiger partial charge < -0.3 is 9.13 Å². The molecule has 0 radical (unpaired) electrons. The molecular formula is C72H39BN4. The van der Waals surface area contributed by atoms with Crippen LogP contribution in [0, 0.1) is 0 Å². The summed E-state index contributed by atoms with van der Waals surface area (Å²) in [6, 6.07) is 84.6. The van der Waals surface area contributed by atoms with Crippen molar-refractivity contribution >= 4 is 153 Å². The molecule has 13 aromatic carbocycles. The monoisotopic (exact) mass is 970 g/mol. The van der Waals surface area contributed by atoms with Crippen LogP contribution in [0.2, 0.25) is 0 Å². The Bertz CT molecular complexity index is 5560. The van der Waals surface area contributed by atoms with Gasteiger partial charge in [-0.25, -0.2) is 0 Å². The summed E-state index contributed by atoms with van der Waals surface area (Å²) in [4.78, 5) is 10.0. The summed E-state index contributed by atoms with van der Waals surface area (Å²) in [5.41, 5.74) is 18.0. The number of aromatic nitrogens is 4. The fraction of sp³-hybridized carbons (Fsp3) is 0. The van der Waals surface area contributed by atoms with Crippen LogP contribution in [0.25, 0.3) is 164 Å². The molecule has 0 unspecified atom stereocenters. The van der Waals surface area contributed by atoms with Gasteiger partial charge in [0.15, 0.2) is 0 Å². The molecule has 0 atom stereocenters. The predicted molar refractivity (Wildman–Crippen MR) is 326 cm³/mol. The molecule has 17 aromatic rings. The Kier molecular flexibility index (Phi) is 7.53. The first-order chi connectivity index (χ1) is 38.2. The van der Waals surface area contributed by atoms with Gasteiger partial charge in [-0.2, -0.15) is 0 Å². The molecule has 350 valence electrons. The van der Waals surface area contributed by atoms with Gasteiger partial charge >= 0.3 is 0 Å². The normalized spacial score (nSPS) is 12.9. The molecule has 6 heterocycles. The third-order valence-corrected chi connectivity index (χ3v) is 17.9. The second-order valence-electron chi connectivity index (χ2n) is 21.4. The highest BCUT2D eigenvalue weighted by Gasteiger charge is 2.42. The molecule has 19 rings (SSSR count). The average Bonchev–Trinajstić information content (AvgIpc) is 4.18. The van der Waals surface area contributed by atoms with Gasteiger partial charge in [-0.15, -0.1) is 0 Å². The van der Waals surface area contributed by atoms with Crippen LogP contribution in [-0.4, -0.2) is 25.8 Å². The molecule has 2 aliphatic heterocycles. The number of para-hydroxylation sites is 2. The Morgan fingerprint density at radius 1 is 0.299 bits per heavy atom. The van der Waals surface area contributed by atoms with Crippen molar-refractivity contribution < 1.29 is 0 Å². The maximum atomic E-state index is 5.08. The smallest absolute Gasteiger partial charge is 0.252 e. The zero-order valence-corrected chi connectivity index (χ0v) is 41.4. The van der Waals surface area contributed by atoms with Crippen molar-refractivity contribution in [3.63, 3.8) is 0 Å². The molecule has 0 bridgehead atoms. The number of nitrogens with zero attached hydrogens (tertiary/aromatic N) is 4. The lowest BCUT2D eigenvalue weighted by Crippen LogP contribution is -2.59. The van der Waals surface area contributed by atoms with E-state index in [0.717, 1.165) is 44.1 Å². The topological polar surface area (TPSA) is 35.6 Å². The van der Waals surface area contributed by atoms with Crippen LogP contribution in [0.5, 0.6) is 0 Å². The van der Waals surface area contributed by atoms with E-state index in [1.165, 1.54) is 136 Å². The largest absolute Gasteiger partial charge is 0.310 e. The summed E-state index contributed by atoms with van der Waals surface area (Å²) < 4.78 is 5.26. The first-order valence-electron chi connectivity index (χ1n) is 26.8. The summed E-state index contributed by atoms with van der Waals surface area (Å²) in [6.45, 7) is -0.108.